The van der Waals surface area contributed by atoms with E-state index < -0.39 is 18.8 Å². The van der Waals surface area contributed by atoms with Gasteiger partial charge in [-0.15, -0.1) is 23.7 Å². The van der Waals surface area contributed by atoms with E-state index in [2.05, 4.69) is 17.6 Å². The Morgan fingerprint density at radius 2 is 2.12 bits per heavy atom. The summed E-state index contributed by atoms with van der Waals surface area (Å²) in [6.07, 6.45) is -1.54. The quantitative estimate of drug-likeness (QED) is 0.800. The molecule has 3 rings (SSSR count). The van der Waals surface area contributed by atoms with Gasteiger partial charge in [-0.3, -0.25) is 9.69 Å². The standard InChI is InChI=1S/C17H24F3N3OS.ClH/c1-11-2-3-12-13(10-25-14(12)8-11)16(24)22-9-15(17(18,19)20)23-6-4-21-5-7-23;/h10-11,15,21H,2-9H2,1H3,(H,22,24);1H. The van der Waals surface area contributed by atoms with Crippen LogP contribution < -0.4 is 10.6 Å². The number of alkyl halides is 3. The number of carbonyl (C=O) groups is 1. The van der Waals surface area contributed by atoms with Crippen LogP contribution in [0.2, 0.25) is 0 Å². The van der Waals surface area contributed by atoms with Crippen molar-refractivity contribution in [3.05, 3.63) is 21.4 Å². The summed E-state index contributed by atoms with van der Waals surface area (Å²) < 4.78 is 40.2. The van der Waals surface area contributed by atoms with E-state index in [4.69, 9.17) is 0 Å². The van der Waals surface area contributed by atoms with Crippen LogP contribution >= 0.6 is 23.7 Å². The number of hydrogen-bond acceptors (Lipinski definition) is 4. The molecule has 1 aromatic rings. The smallest absolute Gasteiger partial charge is 0.350 e. The van der Waals surface area contributed by atoms with Gasteiger partial charge in [-0.2, -0.15) is 13.2 Å². The molecule has 2 unspecified atom stereocenters. The van der Waals surface area contributed by atoms with Crippen molar-refractivity contribution in [1.82, 2.24) is 15.5 Å². The molecule has 9 heteroatoms. The van der Waals surface area contributed by atoms with Crippen molar-refractivity contribution in [2.24, 2.45) is 5.92 Å². The minimum atomic E-state index is -4.35. The van der Waals surface area contributed by atoms with Crippen LogP contribution in [0.5, 0.6) is 0 Å². The molecule has 0 radical (unpaired) electrons. The van der Waals surface area contributed by atoms with Gasteiger partial charge >= 0.3 is 6.18 Å². The average Bonchev–Trinajstić information content (AvgIpc) is 2.97. The largest absolute Gasteiger partial charge is 0.405 e. The van der Waals surface area contributed by atoms with Crippen molar-refractivity contribution in [1.29, 1.82) is 0 Å². The van der Waals surface area contributed by atoms with Crippen LogP contribution in [0.1, 0.15) is 34.1 Å². The number of nitrogens with zero attached hydrogens (tertiary/aromatic N) is 1. The van der Waals surface area contributed by atoms with E-state index in [1.807, 2.05) is 0 Å². The molecule has 1 fully saturated rings. The van der Waals surface area contributed by atoms with E-state index in [0.717, 1.165) is 24.8 Å². The number of carbonyl (C=O) groups excluding carboxylic acids is 1. The molecule has 0 bridgehead atoms. The van der Waals surface area contributed by atoms with Gasteiger partial charge in [0, 0.05) is 43.0 Å². The molecule has 4 nitrogen and oxygen atoms in total. The molecule has 1 aromatic heterocycles. The number of hydrogen-bond donors (Lipinski definition) is 2. The van der Waals surface area contributed by atoms with Crippen LogP contribution in [-0.4, -0.2) is 55.7 Å². The highest BCUT2D eigenvalue weighted by atomic mass is 35.5. The van der Waals surface area contributed by atoms with Crippen molar-refractivity contribution in [2.45, 2.75) is 38.4 Å². The Kier molecular flexibility index (Phi) is 7.35. The van der Waals surface area contributed by atoms with Crippen molar-refractivity contribution in [2.75, 3.05) is 32.7 Å². The second-order valence-corrected chi connectivity index (χ2v) is 7.92. The highest BCUT2D eigenvalue weighted by Gasteiger charge is 2.44. The molecule has 26 heavy (non-hydrogen) atoms. The maximum atomic E-state index is 13.4. The Balaban J connectivity index is 0.00000243. The predicted octanol–water partition coefficient (Wildman–Crippen LogP) is 2.86. The van der Waals surface area contributed by atoms with Gasteiger partial charge in [-0.05, 0) is 30.7 Å². The number of fused-ring (bicyclic) bond motifs is 1. The van der Waals surface area contributed by atoms with Crippen molar-refractivity contribution in [3.8, 4) is 0 Å². The van der Waals surface area contributed by atoms with Crippen LogP contribution in [0, 0.1) is 5.92 Å². The van der Waals surface area contributed by atoms with E-state index in [1.54, 1.807) is 16.7 Å². The molecular formula is C17H25ClF3N3OS. The molecule has 2 heterocycles. The summed E-state index contributed by atoms with van der Waals surface area (Å²) in [5.74, 6) is 0.223. The lowest BCUT2D eigenvalue weighted by atomic mass is 9.88. The number of halogens is 4. The number of nitrogens with one attached hydrogen (secondary N) is 2. The van der Waals surface area contributed by atoms with Crippen LogP contribution in [-0.2, 0) is 12.8 Å². The highest BCUT2D eigenvalue weighted by Crippen LogP contribution is 2.33. The number of amides is 1. The number of thiophene rings is 1. The zero-order valence-electron chi connectivity index (χ0n) is 14.7. The van der Waals surface area contributed by atoms with Gasteiger partial charge in [-0.25, -0.2) is 0 Å². The Hall–Kier alpha value is -0.830. The second kappa shape index (κ2) is 8.91. The van der Waals surface area contributed by atoms with Crippen molar-refractivity contribution >= 4 is 29.7 Å². The van der Waals surface area contributed by atoms with Crippen LogP contribution in [0.25, 0.3) is 0 Å². The zero-order chi connectivity index (χ0) is 18.0. The summed E-state index contributed by atoms with van der Waals surface area (Å²) in [6.45, 7) is 3.54. The Morgan fingerprint density at radius 1 is 1.42 bits per heavy atom. The third-order valence-corrected chi connectivity index (χ3v) is 6.12. The first-order valence-electron chi connectivity index (χ1n) is 8.75. The summed E-state index contributed by atoms with van der Waals surface area (Å²) in [5, 5.41) is 7.38. The first-order chi connectivity index (χ1) is 11.9. The molecule has 1 aliphatic carbocycles. The topological polar surface area (TPSA) is 44.4 Å². The van der Waals surface area contributed by atoms with Crippen molar-refractivity contribution < 1.29 is 18.0 Å². The zero-order valence-corrected chi connectivity index (χ0v) is 16.3. The fourth-order valence-electron chi connectivity index (χ4n) is 3.60. The fraction of sp³-hybridized carbons (Fsp3) is 0.706. The van der Waals surface area contributed by atoms with E-state index in [0.29, 0.717) is 37.7 Å². The monoisotopic (exact) mass is 411 g/mol. The Morgan fingerprint density at radius 3 is 2.77 bits per heavy atom. The van der Waals surface area contributed by atoms with Gasteiger partial charge in [0.1, 0.15) is 6.04 Å². The summed E-state index contributed by atoms with van der Waals surface area (Å²) in [6, 6.07) is -1.63. The lowest BCUT2D eigenvalue weighted by Crippen LogP contribution is -2.57. The third-order valence-electron chi connectivity index (χ3n) is 5.07. The number of rotatable bonds is 4. The summed E-state index contributed by atoms with van der Waals surface area (Å²) in [5.41, 5.74) is 1.60. The van der Waals surface area contributed by atoms with Gasteiger partial charge in [0.05, 0.1) is 5.56 Å². The molecule has 0 saturated carbocycles. The molecule has 1 saturated heterocycles. The molecule has 1 amide bonds. The SMILES string of the molecule is CC1CCc2c(C(=O)NCC(N3CCNCC3)C(F)(F)F)csc2C1.Cl. The first-order valence-corrected chi connectivity index (χ1v) is 9.63. The molecule has 0 aromatic carbocycles. The van der Waals surface area contributed by atoms with Crippen LogP contribution in [0.15, 0.2) is 5.38 Å². The minimum Gasteiger partial charge on any atom is -0.350 e. The maximum absolute atomic E-state index is 13.4. The predicted molar refractivity (Wildman–Crippen MR) is 99.4 cm³/mol. The van der Waals surface area contributed by atoms with E-state index in [-0.39, 0.29) is 18.3 Å². The van der Waals surface area contributed by atoms with Crippen molar-refractivity contribution in [3.63, 3.8) is 0 Å². The number of piperazine rings is 1. The lowest BCUT2D eigenvalue weighted by molar-refractivity contribution is -0.183. The molecule has 2 aliphatic rings. The average molecular weight is 412 g/mol. The fourth-order valence-corrected chi connectivity index (χ4v) is 4.84. The first kappa shape index (κ1) is 21.5. The van der Waals surface area contributed by atoms with Gasteiger partial charge in [0.25, 0.3) is 5.91 Å². The molecule has 148 valence electrons. The third kappa shape index (κ3) is 4.91. The maximum Gasteiger partial charge on any atom is 0.405 e. The van der Waals surface area contributed by atoms with Gasteiger partial charge in [0.2, 0.25) is 0 Å². The molecule has 1 aliphatic heterocycles. The second-order valence-electron chi connectivity index (χ2n) is 6.95. The molecule has 2 atom stereocenters. The van der Waals surface area contributed by atoms with Gasteiger partial charge in [-0.1, -0.05) is 6.92 Å². The molecular weight excluding hydrogens is 387 g/mol. The molecule has 0 spiro atoms. The summed E-state index contributed by atoms with van der Waals surface area (Å²) in [7, 11) is 0. The van der Waals surface area contributed by atoms with E-state index in [9.17, 15) is 18.0 Å². The highest BCUT2D eigenvalue weighted by molar-refractivity contribution is 7.10. The minimum absolute atomic E-state index is 0. The van der Waals surface area contributed by atoms with Gasteiger partial charge < -0.3 is 10.6 Å². The van der Waals surface area contributed by atoms with E-state index >= 15 is 0 Å². The summed E-state index contributed by atoms with van der Waals surface area (Å²) in [4.78, 5) is 15.1. The normalized spacial score (nSPS) is 22.2. The van der Waals surface area contributed by atoms with E-state index in [1.165, 1.54) is 9.78 Å². The van der Waals surface area contributed by atoms with Crippen LogP contribution in [0.4, 0.5) is 13.2 Å². The molecule has 2 N–H and O–H groups in total. The Bertz CT molecular complexity index is 617. The Labute approximate surface area is 161 Å². The lowest BCUT2D eigenvalue weighted by Gasteiger charge is -2.35. The van der Waals surface area contributed by atoms with Crippen LogP contribution in [0.3, 0.4) is 0 Å². The van der Waals surface area contributed by atoms with Gasteiger partial charge in [0.15, 0.2) is 0 Å². The summed E-state index contributed by atoms with van der Waals surface area (Å²) >= 11 is 1.55.